The van der Waals surface area contributed by atoms with Gasteiger partial charge in [0.15, 0.2) is 5.69 Å². The normalized spacial score (nSPS) is 12.4. The zero-order valence-corrected chi connectivity index (χ0v) is 11.5. The van der Waals surface area contributed by atoms with E-state index in [0.717, 1.165) is 37.8 Å². The van der Waals surface area contributed by atoms with Crippen LogP contribution in [0, 0.1) is 0 Å². The Kier molecular flexibility index (Phi) is 5.68. The molecule has 1 amide bonds. The van der Waals surface area contributed by atoms with Crippen molar-refractivity contribution in [2.24, 2.45) is 0 Å². The number of aromatic nitrogens is 2. The molecule has 1 rings (SSSR count). The molecule has 18 heavy (non-hydrogen) atoms. The Bertz CT molecular complexity index is 386. The molecule has 0 saturated carbocycles. The number of unbranched alkanes of at least 4 members (excludes halogenated alkanes) is 1. The molecule has 0 aromatic carbocycles. The van der Waals surface area contributed by atoms with Gasteiger partial charge in [0.1, 0.15) is 0 Å². The lowest BCUT2D eigenvalue weighted by Crippen LogP contribution is -2.33. The third-order valence-electron chi connectivity index (χ3n) is 2.97. The quantitative estimate of drug-likeness (QED) is 0.696. The highest BCUT2D eigenvalue weighted by atomic mass is 16.2. The Hall–Kier alpha value is -1.52. The highest BCUT2D eigenvalue weighted by Crippen LogP contribution is 2.15. The van der Waals surface area contributed by atoms with Gasteiger partial charge in [-0.3, -0.25) is 9.89 Å². The molecule has 102 valence electrons. The van der Waals surface area contributed by atoms with E-state index in [1.807, 2.05) is 6.92 Å². The van der Waals surface area contributed by atoms with Crippen LogP contribution in [0.1, 0.15) is 62.6 Å². The number of nitrogens with zero attached hydrogens (tertiary/aromatic N) is 1. The van der Waals surface area contributed by atoms with Crippen LogP contribution in [0.3, 0.4) is 0 Å². The van der Waals surface area contributed by atoms with Crippen molar-refractivity contribution in [2.45, 2.75) is 58.9 Å². The number of nitrogens with one attached hydrogen (secondary N) is 2. The van der Waals surface area contributed by atoms with Crippen molar-refractivity contribution < 1.29 is 4.79 Å². The highest BCUT2D eigenvalue weighted by Gasteiger charge is 2.18. The number of hydrogen-bond donors (Lipinski definition) is 3. The number of nitrogens with two attached hydrogens (primary N) is 1. The first-order valence-corrected chi connectivity index (χ1v) is 6.73. The van der Waals surface area contributed by atoms with Gasteiger partial charge in [-0.1, -0.05) is 33.1 Å². The predicted molar refractivity (Wildman–Crippen MR) is 73.4 cm³/mol. The number of hydrogen-bond acceptors (Lipinski definition) is 3. The molecule has 5 heteroatoms. The van der Waals surface area contributed by atoms with Crippen LogP contribution in [0.15, 0.2) is 0 Å². The molecule has 0 radical (unpaired) electrons. The highest BCUT2D eigenvalue weighted by molar-refractivity contribution is 5.97. The number of amides is 1. The Labute approximate surface area is 109 Å². The molecular formula is C13H24N4O. The van der Waals surface area contributed by atoms with Gasteiger partial charge in [0.2, 0.25) is 0 Å². The lowest BCUT2D eigenvalue weighted by molar-refractivity contribution is 0.0934. The van der Waals surface area contributed by atoms with Gasteiger partial charge in [0.25, 0.3) is 5.91 Å². The summed E-state index contributed by atoms with van der Waals surface area (Å²) in [7, 11) is 0. The van der Waals surface area contributed by atoms with Gasteiger partial charge in [-0.2, -0.15) is 5.10 Å². The molecule has 1 aromatic heterocycles. The van der Waals surface area contributed by atoms with Crippen LogP contribution in [0.25, 0.3) is 0 Å². The van der Waals surface area contributed by atoms with Crippen LogP contribution in [0.2, 0.25) is 0 Å². The van der Waals surface area contributed by atoms with Crippen LogP contribution < -0.4 is 11.1 Å². The molecule has 0 aliphatic carbocycles. The van der Waals surface area contributed by atoms with E-state index in [-0.39, 0.29) is 11.9 Å². The van der Waals surface area contributed by atoms with Gasteiger partial charge in [-0.25, -0.2) is 0 Å². The lowest BCUT2D eigenvalue weighted by Gasteiger charge is -2.12. The summed E-state index contributed by atoms with van der Waals surface area (Å²) in [4.78, 5) is 12.0. The number of rotatable bonds is 7. The number of carbonyl (C=O) groups is 1. The largest absolute Gasteiger partial charge is 0.395 e. The SMILES string of the molecule is CCCCC(C)NC(=O)c1n[nH]c(CCC)c1N. The second kappa shape index (κ2) is 7.03. The van der Waals surface area contributed by atoms with Gasteiger partial charge < -0.3 is 11.1 Å². The molecule has 4 N–H and O–H groups in total. The summed E-state index contributed by atoms with van der Waals surface area (Å²) in [6, 6.07) is 0.156. The van der Waals surface area contributed by atoms with Crippen molar-refractivity contribution in [1.29, 1.82) is 0 Å². The molecule has 0 bridgehead atoms. The van der Waals surface area contributed by atoms with E-state index in [1.54, 1.807) is 0 Å². The van der Waals surface area contributed by atoms with E-state index in [1.165, 1.54) is 0 Å². The van der Waals surface area contributed by atoms with Crippen molar-refractivity contribution in [3.8, 4) is 0 Å². The minimum Gasteiger partial charge on any atom is -0.395 e. The molecule has 0 aliphatic heterocycles. The molecule has 1 unspecified atom stereocenters. The van der Waals surface area contributed by atoms with Gasteiger partial charge in [0, 0.05) is 6.04 Å². The number of nitrogen functional groups attached to an aromatic ring is 1. The summed E-state index contributed by atoms with van der Waals surface area (Å²) in [6.07, 6.45) is 5.01. The van der Waals surface area contributed by atoms with Crippen molar-refractivity contribution in [3.63, 3.8) is 0 Å². The number of carbonyl (C=O) groups excluding carboxylic acids is 1. The number of aryl methyl sites for hydroxylation is 1. The van der Waals surface area contributed by atoms with Crippen LogP contribution >= 0.6 is 0 Å². The van der Waals surface area contributed by atoms with Crippen LogP contribution in [0.4, 0.5) is 5.69 Å². The van der Waals surface area contributed by atoms with Crippen molar-refractivity contribution >= 4 is 11.6 Å². The van der Waals surface area contributed by atoms with Gasteiger partial charge in [0.05, 0.1) is 11.4 Å². The zero-order chi connectivity index (χ0) is 13.5. The van der Waals surface area contributed by atoms with Gasteiger partial charge in [-0.05, 0) is 19.8 Å². The molecule has 1 aromatic rings. The van der Waals surface area contributed by atoms with E-state index in [2.05, 4.69) is 29.4 Å². The Morgan fingerprint density at radius 2 is 2.17 bits per heavy atom. The van der Waals surface area contributed by atoms with Crippen molar-refractivity contribution in [3.05, 3.63) is 11.4 Å². The minimum atomic E-state index is -0.185. The molecule has 0 fully saturated rings. The molecule has 1 heterocycles. The number of aromatic amines is 1. The minimum absolute atomic E-state index is 0.156. The molecule has 0 saturated heterocycles. The average molecular weight is 252 g/mol. The number of H-pyrrole nitrogens is 1. The molecular weight excluding hydrogens is 228 g/mol. The van der Waals surface area contributed by atoms with Gasteiger partial charge in [-0.15, -0.1) is 0 Å². The van der Waals surface area contributed by atoms with Crippen LogP contribution in [0.5, 0.6) is 0 Å². The average Bonchev–Trinajstić information content (AvgIpc) is 2.69. The fraction of sp³-hybridized carbons (Fsp3) is 0.692. The molecule has 5 nitrogen and oxygen atoms in total. The Balaban J connectivity index is 2.61. The summed E-state index contributed by atoms with van der Waals surface area (Å²) in [5.41, 5.74) is 7.57. The predicted octanol–water partition coefficient (Wildman–Crippen LogP) is 2.25. The monoisotopic (exact) mass is 252 g/mol. The third kappa shape index (κ3) is 3.75. The van der Waals surface area contributed by atoms with E-state index in [0.29, 0.717) is 11.4 Å². The first-order valence-electron chi connectivity index (χ1n) is 6.73. The fourth-order valence-electron chi connectivity index (χ4n) is 1.88. The zero-order valence-electron chi connectivity index (χ0n) is 11.5. The first-order chi connectivity index (χ1) is 8.60. The second-order valence-corrected chi connectivity index (χ2v) is 4.73. The van der Waals surface area contributed by atoms with E-state index in [4.69, 9.17) is 5.73 Å². The van der Waals surface area contributed by atoms with Crippen molar-refractivity contribution in [2.75, 3.05) is 5.73 Å². The second-order valence-electron chi connectivity index (χ2n) is 4.73. The number of anilines is 1. The molecule has 0 spiro atoms. The Morgan fingerprint density at radius 3 is 2.78 bits per heavy atom. The van der Waals surface area contributed by atoms with E-state index < -0.39 is 0 Å². The van der Waals surface area contributed by atoms with Crippen LogP contribution in [-0.4, -0.2) is 22.1 Å². The molecule has 0 aliphatic rings. The maximum Gasteiger partial charge on any atom is 0.274 e. The first kappa shape index (κ1) is 14.5. The summed E-state index contributed by atoms with van der Waals surface area (Å²) in [5.74, 6) is -0.185. The fourth-order valence-corrected chi connectivity index (χ4v) is 1.88. The van der Waals surface area contributed by atoms with E-state index in [9.17, 15) is 4.79 Å². The standard InChI is InChI=1S/C13H24N4O/c1-4-6-8-9(3)15-13(18)12-11(14)10(7-5-2)16-17-12/h9H,4-8,14H2,1-3H3,(H,15,18)(H,16,17). The summed E-state index contributed by atoms with van der Waals surface area (Å²) in [5, 5.41) is 9.77. The lowest BCUT2D eigenvalue weighted by atomic mass is 10.1. The third-order valence-corrected chi connectivity index (χ3v) is 2.97. The van der Waals surface area contributed by atoms with Crippen molar-refractivity contribution in [1.82, 2.24) is 15.5 Å². The summed E-state index contributed by atoms with van der Waals surface area (Å²) >= 11 is 0. The summed E-state index contributed by atoms with van der Waals surface area (Å²) in [6.45, 7) is 6.20. The maximum atomic E-state index is 12.0. The smallest absolute Gasteiger partial charge is 0.274 e. The maximum absolute atomic E-state index is 12.0. The molecule has 1 atom stereocenters. The Morgan fingerprint density at radius 1 is 1.44 bits per heavy atom. The van der Waals surface area contributed by atoms with E-state index >= 15 is 0 Å². The topological polar surface area (TPSA) is 83.8 Å². The van der Waals surface area contributed by atoms with Crippen LogP contribution in [-0.2, 0) is 6.42 Å². The van der Waals surface area contributed by atoms with Gasteiger partial charge >= 0.3 is 0 Å². The summed E-state index contributed by atoms with van der Waals surface area (Å²) < 4.78 is 0.